The molecule has 29 heavy (non-hydrogen) atoms. The molecule has 0 spiro atoms. The molecule has 0 unspecified atom stereocenters. The van der Waals surface area contributed by atoms with Crippen LogP contribution in [0.5, 0.6) is 0 Å². The summed E-state index contributed by atoms with van der Waals surface area (Å²) in [7, 11) is 0. The lowest BCUT2D eigenvalue weighted by molar-refractivity contribution is 0.711. The molecule has 3 aromatic rings. The first-order valence-electron chi connectivity index (χ1n) is 10.1. The third-order valence-corrected chi connectivity index (χ3v) is 5.30. The molecule has 0 fully saturated rings. The number of hydrogen-bond donors (Lipinski definition) is 0. The zero-order valence-corrected chi connectivity index (χ0v) is 18.8. The summed E-state index contributed by atoms with van der Waals surface area (Å²) in [6, 6.07) is 12.4. The van der Waals surface area contributed by atoms with Crippen molar-refractivity contribution in [2.24, 2.45) is 10.2 Å². The maximum Gasteiger partial charge on any atom is 0.0867 e. The first-order valence-corrected chi connectivity index (χ1v) is 10.1. The molecule has 0 radical (unpaired) electrons. The van der Waals surface area contributed by atoms with Crippen LogP contribution in [0.2, 0.25) is 0 Å². The van der Waals surface area contributed by atoms with Crippen molar-refractivity contribution >= 4 is 11.4 Å². The van der Waals surface area contributed by atoms with E-state index >= 15 is 0 Å². The molecule has 152 valence electrons. The summed E-state index contributed by atoms with van der Waals surface area (Å²) >= 11 is 0. The van der Waals surface area contributed by atoms with Crippen molar-refractivity contribution in [1.29, 1.82) is 0 Å². The van der Waals surface area contributed by atoms with Crippen LogP contribution in [-0.4, -0.2) is 25.8 Å². The number of aromatic nitrogens is 3. The molecule has 0 atom stereocenters. The number of rotatable bonds is 5. The van der Waals surface area contributed by atoms with Crippen LogP contribution in [0, 0.1) is 27.7 Å². The molecule has 0 aliphatic heterocycles. The van der Waals surface area contributed by atoms with Gasteiger partial charge in [0, 0.05) is 22.8 Å². The summed E-state index contributed by atoms with van der Waals surface area (Å²) in [5, 5.41) is 9.65. The van der Waals surface area contributed by atoms with E-state index in [1.807, 2.05) is 41.4 Å². The van der Waals surface area contributed by atoms with Crippen molar-refractivity contribution in [3.8, 4) is 0 Å². The Morgan fingerprint density at radius 1 is 0.828 bits per heavy atom. The van der Waals surface area contributed by atoms with Crippen molar-refractivity contribution < 1.29 is 0 Å². The maximum absolute atomic E-state index is 4.85. The fourth-order valence-corrected chi connectivity index (χ4v) is 3.43. The van der Waals surface area contributed by atoms with Crippen LogP contribution >= 0.6 is 0 Å². The average Bonchev–Trinajstić information content (AvgIpc) is 3.16. The van der Waals surface area contributed by atoms with E-state index in [-0.39, 0.29) is 0 Å². The second kappa shape index (κ2) is 8.19. The Morgan fingerprint density at radius 2 is 1.41 bits per heavy atom. The predicted molar refractivity (Wildman–Crippen MR) is 121 cm³/mol. The normalized spacial score (nSPS) is 12.9. The Labute approximate surface area is 173 Å². The molecule has 0 saturated heterocycles. The summed E-state index contributed by atoms with van der Waals surface area (Å²) in [5.74, 6) is 0.408. The summed E-state index contributed by atoms with van der Waals surface area (Å²) in [6.07, 6.45) is 0. The highest BCUT2D eigenvalue weighted by Gasteiger charge is 2.11. The first-order chi connectivity index (χ1) is 13.7. The summed E-state index contributed by atoms with van der Waals surface area (Å²) in [4.78, 5) is 4.83. The van der Waals surface area contributed by atoms with E-state index in [9.17, 15) is 0 Å². The minimum Gasteiger partial charge on any atom is -0.245 e. The molecule has 3 aromatic heterocycles. The molecule has 5 nitrogen and oxygen atoms in total. The molecule has 0 N–H and O–H groups in total. The number of aryl methyl sites for hydroxylation is 3. The highest BCUT2D eigenvalue weighted by Crippen LogP contribution is 2.19. The lowest BCUT2D eigenvalue weighted by Gasteiger charge is -2.11. The highest BCUT2D eigenvalue weighted by atomic mass is 15.4. The number of nitrogens with zero attached hydrogens (tertiary/aromatic N) is 5. The van der Waals surface area contributed by atoms with Crippen LogP contribution in [0.25, 0.3) is 0 Å². The molecule has 0 amide bonds. The molecule has 0 aromatic carbocycles. The molecule has 3 rings (SSSR count). The van der Waals surface area contributed by atoms with Gasteiger partial charge in [0.25, 0.3) is 0 Å². The monoisotopic (exact) mass is 389 g/mol. The van der Waals surface area contributed by atoms with Crippen molar-refractivity contribution in [2.45, 2.75) is 61.3 Å². The molecule has 0 aliphatic rings. The van der Waals surface area contributed by atoms with Crippen LogP contribution in [0.15, 0.2) is 46.6 Å². The van der Waals surface area contributed by atoms with Gasteiger partial charge in [0.2, 0.25) is 0 Å². The molecular formula is C24H31N5. The van der Waals surface area contributed by atoms with E-state index in [0.29, 0.717) is 5.92 Å². The lowest BCUT2D eigenvalue weighted by Crippen LogP contribution is -2.10. The number of pyridine rings is 1. The topological polar surface area (TPSA) is 47.5 Å². The SMILES string of the molecule is C/C(=N\n1c(C)ccc1C(C)C)c1cccc(/C(C)=N/n2c(C)cc(C)c2C)n1. The van der Waals surface area contributed by atoms with Crippen molar-refractivity contribution in [3.05, 3.63) is 76.1 Å². The average molecular weight is 390 g/mol. The maximum atomic E-state index is 4.85. The van der Waals surface area contributed by atoms with Crippen molar-refractivity contribution in [3.63, 3.8) is 0 Å². The van der Waals surface area contributed by atoms with E-state index in [2.05, 4.69) is 59.7 Å². The first kappa shape index (κ1) is 20.8. The van der Waals surface area contributed by atoms with Gasteiger partial charge in [0.1, 0.15) is 0 Å². The zero-order chi connectivity index (χ0) is 21.3. The fourth-order valence-electron chi connectivity index (χ4n) is 3.43. The van der Waals surface area contributed by atoms with Crippen molar-refractivity contribution in [2.75, 3.05) is 0 Å². The highest BCUT2D eigenvalue weighted by molar-refractivity contribution is 6.00. The van der Waals surface area contributed by atoms with Gasteiger partial charge in [-0.05, 0) is 83.4 Å². The minimum absolute atomic E-state index is 0.408. The smallest absolute Gasteiger partial charge is 0.0867 e. The van der Waals surface area contributed by atoms with E-state index in [1.165, 1.54) is 11.3 Å². The lowest BCUT2D eigenvalue weighted by atomic mass is 10.1. The second-order valence-electron chi connectivity index (χ2n) is 8.01. The molecule has 0 aliphatic carbocycles. The van der Waals surface area contributed by atoms with Crippen LogP contribution in [-0.2, 0) is 0 Å². The molecule has 3 heterocycles. The van der Waals surface area contributed by atoms with Gasteiger partial charge in [-0.2, -0.15) is 10.2 Å². The van der Waals surface area contributed by atoms with E-state index in [0.717, 1.165) is 39.9 Å². The van der Waals surface area contributed by atoms with Gasteiger partial charge in [-0.25, -0.2) is 14.3 Å². The third kappa shape index (κ3) is 4.24. The van der Waals surface area contributed by atoms with Crippen LogP contribution in [0.4, 0.5) is 0 Å². The summed E-state index contributed by atoms with van der Waals surface area (Å²) in [5.41, 5.74) is 9.31. The molecule has 0 saturated carbocycles. The molecule has 5 heteroatoms. The standard InChI is InChI=1S/C24H31N5/c1-15(2)24-13-12-17(4)29(24)27-20(7)23-11-9-10-22(25-23)19(6)26-28-18(5)14-16(3)21(28)8/h9-15H,1-8H3/b26-19+,27-20+. The van der Waals surface area contributed by atoms with Gasteiger partial charge in [-0.1, -0.05) is 19.9 Å². The zero-order valence-electron chi connectivity index (χ0n) is 18.8. The Hall–Kier alpha value is -2.95. The Kier molecular flexibility index (Phi) is 5.87. The Morgan fingerprint density at radius 3 is 1.93 bits per heavy atom. The van der Waals surface area contributed by atoms with Crippen LogP contribution < -0.4 is 0 Å². The Balaban J connectivity index is 1.97. The largest absolute Gasteiger partial charge is 0.245 e. The van der Waals surface area contributed by atoms with Gasteiger partial charge in [0.05, 0.1) is 22.8 Å². The molecule has 0 bridgehead atoms. The van der Waals surface area contributed by atoms with Gasteiger partial charge >= 0.3 is 0 Å². The van der Waals surface area contributed by atoms with E-state index < -0.39 is 0 Å². The van der Waals surface area contributed by atoms with Crippen molar-refractivity contribution in [1.82, 2.24) is 14.3 Å². The minimum atomic E-state index is 0.408. The second-order valence-corrected chi connectivity index (χ2v) is 8.01. The van der Waals surface area contributed by atoms with Gasteiger partial charge in [-0.3, -0.25) is 0 Å². The summed E-state index contributed by atoms with van der Waals surface area (Å²) in [6.45, 7) is 16.7. The van der Waals surface area contributed by atoms with Gasteiger partial charge < -0.3 is 0 Å². The third-order valence-electron chi connectivity index (χ3n) is 5.30. The quantitative estimate of drug-likeness (QED) is 0.525. The number of hydrogen-bond acceptors (Lipinski definition) is 3. The van der Waals surface area contributed by atoms with Gasteiger partial charge in [-0.15, -0.1) is 0 Å². The molecular weight excluding hydrogens is 358 g/mol. The Bertz CT molecular complexity index is 1090. The van der Waals surface area contributed by atoms with Gasteiger partial charge in [0.15, 0.2) is 0 Å². The summed E-state index contributed by atoms with van der Waals surface area (Å²) < 4.78 is 4.00. The predicted octanol–water partition coefficient (Wildman–Crippen LogP) is 5.59. The van der Waals surface area contributed by atoms with Crippen LogP contribution in [0.3, 0.4) is 0 Å². The van der Waals surface area contributed by atoms with Crippen LogP contribution in [0.1, 0.15) is 73.3 Å². The van der Waals surface area contributed by atoms with E-state index in [4.69, 9.17) is 15.2 Å². The fraction of sp³-hybridized carbons (Fsp3) is 0.375. The van der Waals surface area contributed by atoms with E-state index in [1.54, 1.807) is 0 Å².